The van der Waals surface area contributed by atoms with Crippen molar-refractivity contribution in [2.45, 2.75) is 43.9 Å². The molecule has 0 aliphatic heterocycles. The molecule has 0 amide bonds. The van der Waals surface area contributed by atoms with Crippen molar-refractivity contribution in [1.82, 2.24) is 0 Å². The molecule has 1 unspecified atom stereocenters. The Morgan fingerprint density at radius 2 is 2.00 bits per heavy atom. The van der Waals surface area contributed by atoms with E-state index < -0.39 is 11.4 Å². The highest BCUT2D eigenvalue weighted by atomic mass is 16.4. The van der Waals surface area contributed by atoms with E-state index in [9.17, 15) is 9.90 Å². The standard InChI is InChI=1S/C16H18O2/c17-15(18)13-16(14-9-5-4-6-10-14)11-7-2-1-3-8-12-16/h4-6,9-10H,1-3,7,11,13H2,(H,17,18). The van der Waals surface area contributed by atoms with Crippen LogP contribution in [0.4, 0.5) is 0 Å². The first-order chi connectivity index (χ1) is 8.73. The van der Waals surface area contributed by atoms with Gasteiger partial charge in [-0.2, -0.15) is 0 Å². The third kappa shape index (κ3) is 2.92. The van der Waals surface area contributed by atoms with Crippen LogP contribution in [0, 0.1) is 11.8 Å². The molecule has 1 aliphatic carbocycles. The van der Waals surface area contributed by atoms with Crippen molar-refractivity contribution in [2.75, 3.05) is 0 Å². The SMILES string of the molecule is O=C(O)CC1(c2ccccc2)C#CCCCCC1. The summed E-state index contributed by atoms with van der Waals surface area (Å²) in [6.45, 7) is 0. The first-order valence-electron chi connectivity index (χ1n) is 6.50. The minimum absolute atomic E-state index is 0.101. The third-order valence-corrected chi connectivity index (χ3v) is 3.51. The van der Waals surface area contributed by atoms with Crippen LogP contribution < -0.4 is 0 Å². The van der Waals surface area contributed by atoms with E-state index in [0.717, 1.165) is 37.7 Å². The monoisotopic (exact) mass is 242 g/mol. The van der Waals surface area contributed by atoms with Gasteiger partial charge < -0.3 is 5.11 Å². The second kappa shape index (κ2) is 5.73. The van der Waals surface area contributed by atoms with Gasteiger partial charge in [0.1, 0.15) is 0 Å². The van der Waals surface area contributed by atoms with Crippen molar-refractivity contribution in [2.24, 2.45) is 0 Å². The Morgan fingerprint density at radius 3 is 2.72 bits per heavy atom. The van der Waals surface area contributed by atoms with Crippen LogP contribution in [0.15, 0.2) is 30.3 Å². The second-order valence-electron chi connectivity index (χ2n) is 4.88. The van der Waals surface area contributed by atoms with Crippen molar-refractivity contribution in [3.05, 3.63) is 35.9 Å². The topological polar surface area (TPSA) is 37.3 Å². The predicted molar refractivity (Wildman–Crippen MR) is 71.2 cm³/mol. The zero-order valence-electron chi connectivity index (χ0n) is 10.5. The molecule has 94 valence electrons. The minimum atomic E-state index is -0.770. The molecule has 1 aliphatic rings. The molecule has 1 aromatic rings. The normalized spacial score (nSPS) is 23.3. The molecule has 2 heteroatoms. The number of hydrogen-bond acceptors (Lipinski definition) is 1. The number of carboxylic acid groups (broad SMARTS) is 1. The van der Waals surface area contributed by atoms with Gasteiger partial charge in [0.15, 0.2) is 0 Å². The van der Waals surface area contributed by atoms with Gasteiger partial charge in [0, 0.05) is 6.42 Å². The summed E-state index contributed by atoms with van der Waals surface area (Å²) in [5.74, 6) is 5.65. The molecular weight excluding hydrogens is 224 g/mol. The first kappa shape index (κ1) is 12.7. The largest absolute Gasteiger partial charge is 0.481 e. The number of aliphatic carboxylic acids is 1. The van der Waals surface area contributed by atoms with Crippen LogP contribution in [-0.4, -0.2) is 11.1 Å². The summed E-state index contributed by atoms with van der Waals surface area (Å²) in [4.78, 5) is 11.2. The van der Waals surface area contributed by atoms with E-state index in [1.54, 1.807) is 0 Å². The fourth-order valence-electron chi connectivity index (χ4n) is 2.58. The maximum atomic E-state index is 11.2. The number of benzene rings is 1. The van der Waals surface area contributed by atoms with Crippen molar-refractivity contribution in [3.8, 4) is 11.8 Å². The Morgan fingerprint density at radius 1 is 1.22 bits per heavy atom. The van der Waals surface area contributed by atoms with E-state index in [-0.39, 0.29) is 6.42 Å². The van der Waals surface area contributed by atoms with Crippen molar-refractivity contribution < 1.29 is 9.90 Å². The predicted octanol–water partition coefficient (Wildman–Crippen LogP) is 3.37. The van der Waals surface area contributed by atoms with Gasteiger partial charge in [-0.3, -0.25) is 4.79 Å². The zero-order valence-corrected chi connectivity index (χ0v) is 10.5. The van der Waals surface area contributed by atoms with Gasteiger partial charge in [0.05, 0.1) is 11.8 Å². The molecule has 0 fully saturated rings. The molecule has 2 nitrogen and oxygen atoms in total. The Bertz CT molecular complexity index is 467. The van der Waals surface area contributed by atoms with Crippen molar-refractivity contribution in [1.29, 1.82) is 0 Å². The molecule has 0 heterocycles. The Kier molecular flexibility index (Phi) is 4.04. The van der Waals surface area contributed by atoms with E-state index >= 15 is 0 Å². The smallest absolute Gasteiger partial charge is 0.305 e. The van der Waals surface area contributed by atoms with E-state index in [1.165, 1.54) is 0 Å². The number of rotatable bonds is 3. The Balaban J connectivity index is 2.41. The average molecular weight is 242 g/mol. The molecule has 0 radical (unpaired) electrons. The Hall–Kier alpha value is -1.75. The second-order valence-corrected chi connectivity index (χ2v) is 4.88. The molecule has 18 heavy (non-hydrogen) atoms. The van der Waals surface area contributed by atoms with Crippen molar-refractivity contribution in [3.63, 3.8) is 0 Å². The molecular formula is C16H18O2. The van der Waals surface area contributed by atoms with Crippen LogP contribution in [0.1, 0.15) is 44.1 Å². The van der Waals surface area contributed by atoms with Crippen molar-refractivity contribution >= 4 is 5.97 Å². The minimum Gasteiger partial charge on any atom is -0.481 e. The van der Waals surface area contributed by atoms with Crippen LogP contribution in [0.2, 0.25) is 0 Å². The highest BCUT2D eigenvalue weighted by Gasteiger charge is 2.32. The van der Waals surface area contributed by atoms with E-state index in [0.29, 0.717) is 0 Å². The molecule has 1 atom stereocenters. The average Bonchev–Trinajstić information content (AvgIpc) is 2.33. The third-order valence-electron chi connectivity index (χ3n) is 3.51. The molecule has 1 N–H and O–H groups in total. The lowest BCUT2D eigenvalue weighted by Crippen LogP contribution is -2.28. The van der Waals surface area contributed by atoms with E-state index in [2.05, 4.69) is 11.8 Å². The molecule has 0 spiro atoms. The number of carboxylic acids is 1. The Labute approximate surface area is 108 Å². The lowest BCUT2D eigenvalue weighted by atomic mass is 9.73. The summed E-state index contributed by atoms with van der Waals surface area (Å²) in [7, 11) is 0. The van der Waals surface area contributed by atoms with Gasteiger partial charge in [0.25, 0.3) is 0 Å². The summed E-state index contributed by atoms with van der Waals surface area (Å²) >= 11 is 0. The van der Waals surface area contributed by atoms with Crippen LogP contribution in [0.25, 0.3) is 0 Å². The molecule has 0 aromatic heterocycles. The van der Waals surface area contributed by atoms with E-state index in [1.807, 2.05) is 30.3 Å². The van der Waals surface area contributed by atoms with Crippen LogP contribution in [0.5, 0.6) is 0 Å². The summed E-state index contributed by atoms with van der Waals surface area (Å²) in [5, 5.41) is 9.19. The lowest BCUT2D eigenvalue weighted by Gasteiger charge is -2.28. The van der Waals surface area contributed by atoms with E-state index in [4.69, 9.17) is 0 Å². The molecule has 1 aromatic carbocycles. The summed E-state index contributed by atoms with van der Waals surface area (Å²) in [6, 6.07) is 9.87. The van der Waals surface area contributed by atoms with Gasteiger partial charge in [-0.25, -0.2) is 0 Å². The fourth-order valence-corrected chi connectivity index (χ4v) is 2.58. The van der Waals surface area contributed by atoms with Gasteiger partial charge in [-0.15, -0.1) is 5.92 Å². The number of carbonyl (C=O) groups is 1. The maximum Gasteiger partial charge on any atom is 0.305 e. The van der Waals surface area contributed by atoms with Crippen LogP contribution in [-0.2, 0) is 10.2 Å². The van der Waals surface area contributed by atoms with Gasteiger partial charge in [0.2, 0.25) is 0 Å². The summed E-state index contributed by atoms with van der Waals surface area (Å²) in [6.07, 6.45) is 5.15. The summed E-state index contributed by atoms with van der Waals surface area (Å²) in [5.41, 5.74) is 0.551. The van der Waals surface area contributed by atoms with Crippen LogP contribution in [0.3, 0.4) is 0 Å². The lowest BCUT2D eigenvalue weighted by molar-refractivity contribution is -0.138. The molecule has 0 saturated carbocycles. The highest BCUT2D eigenvalue weighted by Crippen LogP contribution is 2.34. The molecule has 0 saturated heterocycles. The molecule has 0 bridgehead atoms. The highest BCUT2D eigenvalue weighted by molar-refractivity contribution is 5.70. The quantitative estimate of drug-likeness (QED) is 0.825. The number of hydrogen-bond donors (Lipinski definition) is 1. The van der Waals surface area contributed by atoms with Gasteiger partial charge in [-0.05, 0) is 18.4 Å². The first-order valence-corrected chi connectivity index (χ1v) is 6.50. The summed E-state index contributed by atoms with van der Waals surface area (Å²) < 4.78 is 0. The maximum absolute atomic E-state index is 11.2. The fraction of sp³-hybridized carbons (Fsp3) is 0.438. The zero-order chi connectivity index (χ0) is 12.8. The van der Waals surface area contributed by atoms with Gasteiger partial charge >= 0.3 is 5.97 Å². The van der Waals surface area contributed by atoms with Crippen LogP contribution >= 0.6 is 0 Å². The molecule has 2 rings (SSSR count). The van der Waals surface area contributed by atoms with Gasteiger partial charge in [-0.1, -0.05) is 49.1 Å².